The van der Waals surface area contributed by atoms with Crippen LogP contribution in [0.4, 0.5) is 26.3 Å². The van der Waals surface area contributed by atoms with Gasteiger partial charge in [-0.15, -0.1) is 26.3 Å². The van der Waals surface area contributed by atoms with Gasteiger partial charge in [0.1, 0.15) is 11.5 Å². The lowest BCUT2D eigenvalue weighted by atomic mass is 9.90. The quantitative estimate of drug-likeness (QED) is 0.231. The number of halogens is 6. The molecule has 0 atom stereocenters. The van der Waals surface area contributed by atoms with Crippen LogP contribution in [-0.2, 0) is 0 Å². The van der Waals surface area contributed by atoms with Gasteiger partial charge in [-0.3, -0.25) is 0 Å². The second-order valence-corrected chi connectivity index (χ2v) is 9.01. The van der Waals surface area contributed by atoms with E-state index >= 15 is 0 Å². The molecule has 4 rings (SSSR count). The summed E-state index contributed by atoms with van der Waals surface area (Å²) in [7, 11) is 0. The molecule has 4 aromatic rings. The number of alkyl halides is 6. The van der Waals surface area contributed by atoms with Gasteiger partial charge in [0, 0.05) is 5.92 Å². The lowest BCUT2D eigenvalue weighted by molar-refractivity contribution is -0.275. The second-order valence-electron chi connectivity index (χ2n) is 9.01. The molecular formula is C30H24F6O2. The Balaban J connectivity index is 1.48. The molecule has 198 valence electrons. The minimum atomic E-state index is -4.74. The molecule has 0 aliphatic carbocycles. The predicted octanol–water partition coefficient (Wildman–Crippen LogP) is 9.59. The highest BCUT2D eigenvalue weighted by Crippen LogP contribution is 2.34. The van der Waals surface area contributed by atoms with Crippen LogP contribution >= 0.6 is 0 Å². The van der Waals surface area contributed by atoms with E-state index in [1.807, 2.05) is 48.5 Å². The summed E-state index contributed by atoms with van der Waals surface area (Å²) in [6, 6.07) is 24.2. The van der Waals surface area contributed by atoms with Gasteiger partial charge in [-0.2, -0.15) is 0 Å². The van der Waals surface area contributed by atoms with Crippen molar-refractivity contribution in [2.75, 3.05) is 0 Å². The fourth-order valence-corrected chi connectivity index (χ4v) is 4.41. The number of benzene rings is 4. The summed E-state index contributed by atoms with van der Waals surface area (Å²) >= 11 is 0. The molecule has 0 aliphatic rings. The van der Waals surface area contributed by atoms with Crippen LogP contribution in [0.25, 0.3) is 22.3 Å². The van der Waals surface area contributed by atoms with Crippen molar-refractivity contribution >= 4 is 0 Å². The molecule has 38 heavy (non-hydrogen) atoms. The van der Waals surface area contributed by atoms with Gasteiger partial charge in [0.25, 0.3) is 0 Å². The normalized spacial score (nSPS) is 12.1. The monoisotopic (exact) mass is 530 g/mol. The van der Waals surface area contributed by atoms with Crippen molar-refractivity contribution in [3.8, 4) is 33.8 Å². The fourth-order valence-electron chi connectivity index (χ4n) is 4.41. The Morgan fingerprint density at radius 1 is 0.526 bits per heavy atom. The number of rotatable bonds is 6. The first-order chi connectivity index (χ1) is 17.8. The summed E-state index contributed by atoms with van der Waals surface area (Å²) in [5.74, 6) is -0.452. The third-order valence-corrected chi connectivity index (χ3v) is 6.31. The van der Waals surface area contributed by atoms with Gasteiger partial charge in [-0.05, 0) is 82.6 Å². The van der Waals surface area contributed by atoms with Crippen LogP contribution in [0.3, 0.4) is 0 Å². The summed E-state index contributed by atoms with van der Waals surface area (Å²) in [4.78, 5) is 0. The summed E-state index contributed by atoms with van der Waals surface area (Å²) in [5.41, 5.74) is 6.81. The Hall–Kier alpha value is -3.94. The molecule has 0 saturated carbocycles. The van der Waals surface area contributed by atoms with E-state index in [1.165, 1.54) is 24.3 Å². The van der Waals surface area contributed by atoms with Crippen LogP contribution in [0.15, 0.2) is 84.9 Å². The summed E-state index contributed by atoms with van der Waals surface area (Å²) in [5, 5.41) is 0. The van der Waals surface area contributed by atoms with Crippen molar-refractivity contribution in [1.82, 2.24) is 0 Å². The summed E-state index contributed by atoms with van der Waals surface area (Å²) < 4.78 is 82.9. The molecule has 4 aromatic carbocycles. The van der Waals surface area contributed by atoms with Crippen LogP contribution in [0.5, 0.6) is 11.5 Å². The van der Waals surface area contributed by atoms with Crippen LogP contribution in [0.2, 0.25) is 0 Å². The zero-order chi connectivity index (χ0) is 27.7. The maximum atomic E-state index is 12.5. The molecule has 0 bridgehead atoms. The molecule has 0 spiro atoms. The van der Waals surface area contributed by atoms with Gasteiger partial charge >= 0.3 is 12.7 Å². The van der Waals surface area contributed by atoms with Gasteiger partial charge in [0.2, 0.25) is 0 Å². The van der Waals surface area contributed by atoms with Gasteiger partial charge in [0.05, 0.1) is 0 Å². The number of ether oxygens (including phenoxy) is 2. The standard InChI is InChI=1S/C30H24F6O2/c1-18-16-25(37-29(31,32)33)12-14-27(18)23-8-4-21(5-9-23)20(3)22-6-10-24(11-7-22)28-15-13-26(17-19(28)2)38-30(34,35)36/h4-17,20H,1-3H3. The molecule has 2 nitrogen and oxygen atoms in total. The average molecular weight is 531 g/mol. The third kappa shape index (κ3) is 6.68. The smallest absolute Gasteiger partial charge is 0.406 e. The Kier molecular flexibility index (Phi) is 7.44. The molecular weight excluding hydrogens is 506 g/mol. The molecule has 0 radical (unpaired) electrons. The highest BCUT2D eigenvalue weighted by Gasteiger charge is 2.32. The van der Waals surface area contributed by atoms with Crippen LogP contribution in [0.1, 0.15) is 35.1 Å². The summed E-state index contributed by atoms with van der Waals surface area (Å²) in [6.07, 6.45) is -9.47. The Bertz CT molecular complexity index is 1300. The average Bonchev–Trinajstić information content (AvgIpc) is 2.82. The summed E-state index contributed by atoms with van der Waals surface area (Å²) in [6.45, 7) is 5.53. The topological polar surface area (TPSA) is 18.5 Å². The second kappa shape index (κ2) is 10.4. The van der Waals surface area contributed by atoms with Crippen molar-refractivity contribution in [2.45, 2.75) is 39.4 Å². The van der Waals surface area contributed by atoms with E-state index < -0.39 is 12.7 Å². The van der Waals surface area contributed by atoms with Crippen molar-refractivity contribution in [1.29, 1.82) is 0 Å². The third-order valence-electron chi connectivity index (χ3n) is 6.31. The van der Waals surface area contributed by atoms with E-state index in [9.17, 15) is 26.3 Å². The minimum absolute atomic E-state index is 0.0606. The highest BCUT2D eigenvalue weighted by molar-refractivity contribution is 5.70. The van der Waals surface area contributed by atoms with Crippen molar-refractivity contribution < 1.29 is 35.8 Å². The fraction of sp³-hybridized carbons (Fsp3) is 0.200. The maximum Gasteiger partial charge on any atom is 0.573 e. The number of hydrogen-bond acceptors (Lipinski definition) is 2. The molecule has 0 saturated heterocycles. The maximum absolute atomic E-state index is 12.5. The molecule has 0 amide bonds. The Labute approximate surface area is 216 Å². The lowest BCUT2D eigenvalue weighted by Crippen LogP contribution is -2.17. The SMILES string of the molecule is Cc1cc(OC(F)(F)F)ccc1-c1ccc(C(C)c2ccc(-c3ccc(OC(F)(F)F)cc3C)cc2)cc1. The lowest BCUT2D eigenvalue weighted by Gasteiger charge is -2.16. The van der Waals surface area contributed by atoms with Gasteiger partial charge in [-0.25, -0.2) is 0 Å². The largest absolute Gasteiger partial charge is 0.573 e. The van der Waals surface area contributed by atoms with E-state index in [-0.39, 0.29) is 17.4 Å². The van der Waals surface area contributed by atoms with Crippen molar-refractivity contribution in [3.63, 3.8) is 0 Å². The van der Waals surface area contributed by atoms with Crippen LogP contribution in [-0.4, -0.2) is 12.7 Å². The highest BCUT2D eigenvalue weighted by atomic mass is 19.4. The molecule has 0 aromatic heterocycles. The molecule has 8 heteroatoms. The van der Waals surface area contributed by atoms with E-state index in [4.69, 9.17) is 0 Å². The van der Waals surface area contributed by atoms with Gasteiger partial charge < -0.3 is 9.47 Å². The van der Waals surface area contributed by atoms with Gasteiger partial charge in [0.15, 0.2) is 0 Å². The van der Waals surface area contributed by atoms with E-state index in [0.29, 0.717) is 11.1 Å². The number of hydrogen-bond donors (Lipinski definition) is 0. The van der Waals surface area contributed by atoms with E-state index in [1.54, 1.807) is 26.0 Å². The molecule has 0 heterocycles. The molecule has 0 aliphatic heterocycles. The zero-order valence-electron chi connectivity index (χ0n) is 20.7. The van der Waals surface area contributed by atoms with Gasteiger partial charge in [-0.1, -0.05) is 67.6 Å². The van der Waals surface area contributed by atoms with Crippen molar-refractivity contribution in [2.24, 2.45) is 0 Å². The first kappa shape index (κ1) is 27.1. The minimum Gasteiger partial charge on any atom is -0.406 e. The van der Waals surface area contributed by atoms with Crippen LogP contribution < -0.4 is 9.47 Å². The van der Waals surface area contributed by atoms with E-state index in [0.717, 1.165) is 33.4 Å². The predicted molar refractivity (Wildman–Crippen MR) is 134 cm³/mol. The first-order valence-corrected chi connectivity index (χ1v) is 11.7. The zero-order valence-corrected chi connectivity index (χ0v) is 20.7. The molecule has 0 unspecified atom stereocenters. The van der Waals surface area contributed by atoms with Crippen molar-refractivity contribution in [3.05, 3.63) is 107 Å². The molecule has 0 N–H and O–H groups in total. The number of aryl methyl sites for hydroxylation is 2. The molecule has 0 fully saturated rings. The van der Waals surface area contributed by atoms with Crippen LogP contribution in [0, 0.1) is 13.8 Å². The Morgan fingerprint density at radius 3 is 1.16 bits per heavy atom. The first-order valence-electron chi connectivity index (χ1n) is 11.7. The van der Waals surface area contributed by atoms with E-state index in [2.05, 4.69) is 16.4 Å². The Morgan fingerprint density at radius 2 is 0.868 bits per heavy atom.